The highest BCUT2D eigenvalue weighted by Gasteiger charge is 2.38. The van der Waals surface area contributed by atoms with Crippen LogP contribution in [0.15, 0.2) is 103 Å². The van der Waals surface area contributed by atoms with Crippen LogP contribution >= 0.6 is 0 Å². The molecule has 2 N–H and O–H groups in total. The van der Waals surface area contributed by atoms with E-state index in [1.165, 1.54) is 0 Å². The van der Waals surface area contributed by atoms with Gasteiger partial charge in [0.15, 0.2) is 6.29 Å². The molecule has 0 spiro atoms. The van der Waals surface area contributed by atoms with Gasteiger partial charge in [-0.1, -0.05) is 67.6 Å². The number of aliphatic hydroxyl groups is 1. The van der Waals surface area contributed by atoms with Gasteiger partial charge >= 0.3 is 0 Å². The Balaban J connectivity index is 1.31. The van der Waals surface area contributed by atoms with E-state index in [1.54, 1.807) is 12.1 Å². The zero-order valence-corrected chi connectivity index (χ0v) is 23.5. The first-order valence-corrected chi connectivity index (χ1v) is 14.1. The molecule has 1 aliphatic rings. The van der Waals surface area contributed by atoms with Gasteiger partial charge in [0.1, 0.15) is 0 Å². The van der Waals surface area contributed by atoms with Gasteiger partial charge in [-0.2, -0.15) is 0 Å². The molecule has 1 aliphatic heterocycles. The van der Waals surface area contributed by atoms with Crippen LogP contribution in [0.4, 0.5) is 5.69 Å². The van der Waals surface area contributed by atoms with E-state index < -0.39 is 6.29 Å². The topological polar surface area (TPSA) is 83.9 Å². The fraction of sp³-hybridized carbons (Fsp3) is 0.294. The lowest BCUT2D eigenvalue weighted by molar-refractivity contribution is -0.275. The molecule has 0 bridgehead atoms. The Bertz CT molecular complexity index is 1380. The molecule has 0 aliphatic carbocycles. The standard InChI is InChI=1S/C34H37N3O4/c1-24-31(22-37(2)21-19-29-10-6-7-20-35-29)40-34(41-32(24)26-13-11-25(23-38)12-14-26)28-15-17-30(18-16-28)36-33(39)27-8-4-3-5-9-27/h3-18,20,24,31-32,34,38H,19,21-23H2,1-2H3,(H,36,39)/t24-,31+,32+,34+/m1/s1. The molecule has 0 saturated carbocycles. The highest BCUT2D eigenvalue weighted by atomic mass is 16.7. The van der Waals surface area contributed by atoms with Crippen molar-refractivity contribution in [3.8, 4) is 0 Å². The van der Waals surface area contributed by atoms with Crippen molar-refractivity contribution < 1.29 is 19.4 Å². The Morgan fingerprint density at radius 2 is 1.61 bits per heavy atom. The third kappa shape index (κ3) is 7.45. The maximum absolute atomic E-state index is 12.6. The van der Waals surface area contributed by atoms with Crippen LogP contribution in [0.5, 0.6) is 0 Å². The van der Waals surface area contributed by atoms with E-state index in [0.29, 0.717) is 11.3 Å². The number of hydrogen-bond acceptors (Lipinski definition) is 6. The van der Waals surface area contributed by atoms with Crippen molar-refractivity contribution in [2.45, 2.75) is 38.4 Å². The molecule has 7 heteroatoms. The van der Waals surface area contributed by atoms with Crippen LogP contribution in [0, 0.1) is 5.92 Å². The van der Waals surface area contributed by atoms with Crippen molar-refractivity contribution in [3.05, 3.63) is 131 Å². The molecule has 3 aromatic carbocycles. The van der Waals surface area contributed by atoms with E-state index in [0.717, 1.165) is 41.9 Å². The molecular formula is C34H37N3O4. The van der Waals surface area contributed by atoms with Crippen molar-refractivity contribution >= 4 is 11.6 Å². The van der Waals surface area contributed by atoms with Gasteiger partial charge in [0.2, 0.25) is 0 Å². The van der Waals surface area contributed by atoms with Gasteiger partial charge in [-0.05, 0) is 54.6 Å². The number of carbonyl (C=O) groups excluding carboxylic acids is 1. The smallest absolute Gasteiger partial charge is 0.255 e. The number of ether oxygens (including phenoxy) is 2. The summed E-state index contributed by atoms with van der Waals surface area (Å²) < 4.78 is 13.2. The van der Waals surface area contributed by atoms with Crippen LogP contribution in [0.1, 0.15) is 52.1 Å². The summed E-state index contributed by atoms with van der Waals surface area (Å²) in [6.45, 7) is 3.77. The van der Waals surface area contributed by atoms with Gasteiger partial charge in [0.25, 0.3) is 5.91 Å². The predicted octanol–water partition coefficient (Wildman–Crippen LogP) is 5.79. The molecule has 1 amide bonds. The number of nitrogens with one attached hydrogen (secondary N) is 1. The fourth-order valence-corrected chi connectivity index (χ4v) is 5.09. The average Bonchev–Trinajstić information content (AvgIpc) is 3.02. The molecule has 0 radical (unpaired) electrons. The highest BCUT2D eigenvalue weighted by Crippen LogP contribution is 2.42. The number of likely N-dealkylation sites (N-methyl/N-ethyl adjacent to an activating group) is 1. The number of hydrogen-bond donors (Lipinski definition) is 2. The van der Waals surface area contributed by atoms with Crippen LogP contribution in [0.3, 0.4) is 0 Å². The van der Waals surface area contributed by atoms with Crippen molar-refractivity contribution in [1.29, 1.82) is 0 Å². The molecule has 212 valence electrons. The maximum Gasteiger partial charge on any atom is 0.255 e. The van der Waals surface area contributed by atoms with Gasteiger partial charge in [0, 0.05) is 54.1 Å². The van der Waals surface area contributed by atoms with Crippen LogP contribution in [-0.2, 0) is 22.5 Å². The molecule has 4 aromatic rings. The number of pyridine rings is 1. The first-order valence-electron chi connectivity index (χ1n) is 14.1. The van der Waals surface area contributed by atoms with Crippen LogP contribution in [0.2, 0.25) is 0 Å². The molecule has 5 rings (SSSR count). The van der Waals surface area contributed by atoms with Crippen molar-refractivity contribution in [2.24, 2.45) is 5.92 Å². The third-order valence-electron chi connectivity index (χ3n) is 7.57. The third-order valence-corrected chi connectivity index (χ3v) is 7.57. The van der Waals surface area contributed by atoms with E-state index >= 15 is 0 Å². The number of benzene rings is 3. The molecule has 1 aromatic heterocycles. The number of nitrogens with zero attached hydrogens (tertiary/aromatic N) is 2. The predicted molar refractivity (Wildman–Crippen MR) is 159 cm³/mol. The summed E-state index contributed by atoms with van der Waals surface area (Å²) >= 11 is 0. The molecule has 0 unspecified atom stereocenters. The summed E-state index contributed by atoms with van der Waals surface area (Å²) in [6.07, 6.45) is 1.85. The second-order valence-corrected chi connectivity index (χ2v) is 10.6. The van der Waals surface area contributed by atoms with E-state index in [-0.39, 0.29) is 30.6 Å². The fourth-order valence-electron chi connectivity index (χ4n) is 5.09. The van der Waals surface area contributed by atoms with Crippen LogP contribution in [-0.4, -0.2) is 47.1 Å². The number of carbonyl (C=O) groups is 1. The summed E-state index contributed by atoms with van der Waals surface area (Å²) in [7, 11) is 2.11. The summed E-state index contributed by atoms with van der Waals surface area (Å²) in [5.41, 5.74) is 5.18. The van der Waals surface area contributed by atoms with Gasteiger partial charge in [0.05, 0.1) is 18.8 Å². The molecule has 7 nitrogen and oxygen atoms in total. The largest absolute Gasteiger partial charge is 0.392 e. The van der Waals surface area contributed by atoms with E-state index in [1.807, 2.05) is 85.1 Å². The summed E-state index contributed by atoms with van der Waals surface area (Å²) in [5, 5.41) is 12.5. The Labute approximate surface area is 241 Å². The SMILES string of the molecule is C[C@@H]1[C@H](CN(C)CCc2ccccn2)O[C@H](c2ccc(NC(=O)c3ccccc3)cc2)O[C@@H]1c1ccc(CO)cc1. The van der Waals surface area contributed by atoms with Gasteiger partial charge < -0.3 is 24.8 Å². The lowest BCUT2D eigenvalue weighted by Crippen LogP contribution is -2.43. The molecule has 1 fully saturated rings. The molecule has 4 atom stereocenters. The van der Waals surface area contributed by atoms with Gasteiger partial charge in [-0.3, -0.25) is 9.78 Å². The zero-order valence-electron chi connectivity index (χ0n) is 23.5. The van der Waals surface area contributed by atoms with Crippen LogP contribution in [0.25, 0.3) is 0 Å². The first kappa shape index (κ1) is 28.6. The Morgan fingerprint density at radius 1 is 0.902 bits per heavy atom. The molecule has 2 heterocycles. The number of aromatic nitrogens is 1. The quantitative estimate of drug-likeness (QED) is 0.260. The summed E-state index contributed by atoms with van der Waals surface area (Å²) in [5.74, 6) is -0.0644. The second kappa shape index (κ2) is 13.7. The monoisotopic (exact) mass is 551 g/mol. The Hall–Kier alpha value is -3.88. The zero-order chi connectivity index (χ0) is 28.6. The Morgan fingerprint density at radius 3 is 2.29 bits per heavy atom. The normalized spacial score (nSPS) is 20.6. The van der Waals surface area contributed by atoms with Crippen molar-refractivity contribution in [3.63, 3.8) is 0 Å². The number of aliphatic hydroxyl groups excluding tert-OH is 1. The Kier molecular flexibility index (Phi) is 9.54. The maximum atomic E-state index is 12.6. The van der Waals surface area contributed by atoms with Crippen LogP contribution < -0.4 is 5.32 Å². The number of amides is 1. The first-order chi connectivity index (χ1) is 20.0. The molecular weight excluding hydrogens is 514 g/mol. The second-order valence-electron chi connectivity index (χ2n) is 10.6. The summed E-state index contributed by atoms with van der Waals surface area (Å²) in [4.78, 5) is 19.3. The number of anilines is 1. The lowest BCUT2D eigenvalue weighted by Gasteiger charge is -2.42. The van der Waals surface area contributed by atoms with E-state index in [9.17, 15) is 9.90 Å². The lowest BCUT2D eigenvalue weighted by atomic mass is 9.90. The van der Waals surface area contributed by atoms with E-state index in [2.05, 4.69) is 35.2 Å². The molecule has 1 saturated heterocycles. The van der Waals surface area contributed by atoms with E-state index in [4.69, 9.17) is 9.47 Å². The number of rotatable bonds is 10. The minimum atomic E-state index is -0.568. The van der Waals surface area contributed by atoms with Gasteiger partial charge in [-0.15, -0.1) is 0 Å². The van der Waals surface area contributed by atoms with Gasteiger partial charge in [-0.25, -0.2) is 0 Å². The minimum absolute atomic E-state index is 0.00391. The average molecular weight is 552 g/mol. The summed E-state index contributed by atoms with van der Waals surface area (Å²) in [6, 6.07) is 30.7. The van der Waals surface area contributed by atoms with Crippen molar-refractivity contribution in [2.75, 3.05) is 25.5 Å². The molecule has 41 heavy (non-hydrogen) atoms. The minimum Gasteiger partial charge on any atom is -0.392 e. The highest BCUT2D eigenvalue weighted by molar-refractivity contribution is 6.04. The van der Waals surface area contributed by atoms with Crippen molar-refractivity contribution in [1.82, 2.24) is 9.88 Å².